The first-order chi connectivity index (χ1) is 15.1. The van der Waals surface area contributed by atoms with Crippen molar-refractivity contribution in [3.8, 4) is 11.4 Å². The third-order valence-corrected chi connectivity index (χ3v) is 5.18. The Kier molecular flexibility index (Phi) is 6.92. The topological polar surface area (TPSA) is 72.8 Å². The lowest BCUT2D eigenvalue weighted by molar-refractivity contribution is 0.128. The summed E-state index contributed by atoms with van der Waals surface area (Å²) in [6.07, 6.45) is 2.50. The van der Waals surface area contributed by atoms with E-state index in [2.05, 4.69) is 26.3 Å². The molecule has 8 heteroatoms. The number of rotatable bonds is 8. The van der Waals surface area contributed by atoms with Crippen LogP contribution in [0.2, 0.25) is 10.0 Å². The van der Waals surface area contributed by atoms with Gasteiger partial charge in [0.25, 0.3) is 0 Å². The maximum Gasteiger partial charge on any atom is 0.165 e. The zero-order valence-electron chi connectivity index (χ0n) is 17.0. The summed E-state index contributed by atoms with van der Waals surface area (Å²) in [5.74, 6) is 1.28. The van der Waals surface area contributed by atoms with Crippen LogP contribution in [0.5, 0.6) is 0 Å². The molecule has 0 saturated heterocycles. The van der Waals surface area contributed by atoms with Gasteiger partial charge in [-0.15, -0.1) is 0 Å². The quantitative estimate of drug-likeness (QED) is 0.375. The molecule has 0 saturated carbocycles. The number of aromatic nitrogens is 4. The zero-order chi connectivity index (χ0) is 21.6. The van der Waals surface area contributed by atoms with Gasteiger partial charge >= 0.3 is 0 Å². The second-order valence-electron chi connectivity index (χ2n) is 6.83. The van der Waals surface area contributed by atoms with Crippen LogP contribution in [0.4, 0.5) is 5.82 Å². The van der Waals surface area contributed by atoms with Crippen molar-refractivity contribution in [3.05, 3.63) is 76.2 Å². The summed E-state index contributed by atoms with van der Waals surface area (Å²) >= 11 is 12.4. The molecule has 0 aliphatic heterocycles. The van der Waals surface area contributed by atoms with E-state index in [9.17, 15) is 0 Å². The Labute approximate surface area is 190 Å². The van der Waals surface area contributed by atoms with Crippen LogP contribution >= 0.6 is 23.2 Å². The molecule has 3 aromatic heterocycles. The lowest BCUT2D eigenvalue weighted by Gasteiger charge is -2.12. The van der Waals surface area contributed by atoms with Crippen LogP contribution in [-0.2, 0) is 17.8 Å². The van der Waals surface area contributed by atoms with Crippen LogP contribution in [0.15, 0.2) is 54.7 Å². The molecule has 1 N–H and O–H groups in total. The number of anilines is 1. The predicted molar refractivity (Wildman–Crippen MR) is 125 cm³/mol. The minimum absolute atomic E-state index is 0.311. The standard InChI is InChI=1S/C23H21Cl2N5O/c1-2-31-14-20-29-22(27-12-10-15-5-3-6-16(24)13-15)17-8-9-19(28-23(17)30-20)21-18(25)7-4-11-26-21/h3-9,11,13H,2,10,12,14H2,1H3,(H,27,28,29,30). The molecular weight excluding hydrogens is 433 g/mol. The van der Waals surface area contributed by atoms with Crippen molar-refractivity contribution in [1.82, 2.24) is 19.9 Å². The smallest absolute Gasteiger partial charge is 0.165 e. The number of hydrogen-bond donors (Lipinski definition) is 1. The largest absolute Gasteiger partial charge is 0.374 e. The maximum absolute atomic E-state index is 6.30. The molecule has 0 unspecified atom stereocenters. The summed E-state index contributed by atoms with van der Waals surface area (Å²) in [4.78, 5) is 18.3. The van der Waals surface area contributed by atoms with Crippen molar-refractivity contribution in [2.75, 3.05) is 18.5 Å². The second-order valence-corrected chi connectivity index (χ2v) is 7.68. The van der Waals surface area contributed by atoms with Crippen molar-refractivity contribution in [2.24, 2.45) is 0 Å². The Balaban J connectivity index is 1.65. The molecule has 6 nitrogen and oxygen atoms in total. The Bertz CT molecular complexity index is 1200. The fraction of sp³-hybridized carbons (Fsp3) is 0.217. The van der Waals surface area contributed by atoms with Gasteiger partial charge in [0.2, 0.25) is 0 Å². The lowest BCUT2D eigenvalue weighted by atomic mass is 10.1. The third kappa shape index (κ3) is 5.28. The van der Waals surface area contributed by atoms with Crippen LogP contribution in [-0.4, -0.2) is 33.1 Å². The van der Waals surface area contributed by atoms with Crippen molar-refractivity contribution >= 4 is 40.1 Å². The van der Waals surface area contributed by atoms with Crippen LogP contribution in [0.3, 0.4) is 0 Å². The molecule has 0 amide bonds. The van der Waals surface area contributed by atoms with E-state index >= 15 is 0 Å². The summed E-state index contributed by atoms with van der Waals surface area (Å²) in [7, 11) is 0. The lowest BCUT2D eigenvalue weighted by Crippen LogP contribution is -2.10. The van der Waals surface area contributed by atoms with E-state index in [0.29, 0.717) is 53.5 Å². The Morgan fingerprint density at radius 2 is 1.90 bits per heavy atom. The zero-order valence-corrected chi connectivity index (χ0v) is 18.5. The number of benzene rings is 1. The summed E-state index contributed by atoms with van der Waals surface area (Å²) in [6.45, 7) is 3.51. The number of fused-ring (bicyclic) bond motifs is 1. The van der Waals surface area contributed by atoms with E-state index in [4.69, 9.17) is 32.9 Å². The Morgan fingerprint density at radius 1 is 1.00 bits per heavy atom. The van der Waals surface area contributed by atoms with Crippen LogP contribution in [0, 0.1) is 0 Å². The minimum Gasteiger partial charge on any atom is -0.374 e. The van der Waals surface area contributed by atoms with E-state index in [1.807, 2.05) is 37.3 Å². The molecule has 0 atom stereocenters. The second kappa shape index (κ2) is 10.0. The first kappa shape index (κ1) is 21.4. The Morgan fingerprint density at radius 3 is 2.71 bits per heavy atom. The number of hydrogen-bond acceptors (Lipinski definition) is 6. The fourth-order valence-electron chi connectivity index (χ4n) is 3.17. The molecule has 0 spiro atoms. The molecule has 31 heavy (non-hydrogen) atoms. The van der Waals surface area contributed by atoms with Gasteiger partial charge in [0.15, 0.2) is 11.5 Å². The first-order valence-corrected chi connectivity index (χ1v) is 10.7. The van der Waals surface area contributed by atoms with E-state index in [1.165, 1.54) is 0 Å². The molecule has 4 aromatic rings. The summed E-state index contributed by atoms with van der Waals surface area (Å²) in [6, 6.07) is 15.2. The molecule has 0 radical (unpaired) electrons. The van der Waals surface area contributed by atoms with E-state index in [0.717, 1.165) is 22.4 Å². The third-order valence-electron chi connectivity index (χ3n) is 4.64. The van der Waals surface area contributed by atoms with Crippen molar-refractivity contribution < 1.29 is 4.74 Å². The van der Waals surface area contributed by atoms with Crippen LogP contribution in [0.1, 0.15) is 18.3 Å². The van der Waals surface area contributed by atoms with Gasteiger partial charge in [0.1, 0.15) is 18.1 Å². The highest BCUT2D eigenvalue weighted by atomic mass is 35.5. The van der Waals surface area contributed by atoms with Gasteiger partial charge in [0, 0.05) is 24.4 Å². The average molecular weight is 454 g/mol. The van der Waals surface area contributed by atoms with Crippen LogP contribution < -0.4 is 5.32 Å². The predicted octanol–water partition coefficient (Wildman–Crippen LogP) is 5.58. The van der Waals surface area contributed by atoms with Gasteiger partial charge in [-0.05, 0) is 55.3 Å². The number of nitrogens with zero attached hydrogens (tertiary/aromatic N) is 4. The molecule has 3 heterocycles. The molecule has 158 valence electrons. The van der Waals surface area contributed by atoms with E-state index < -0.39 is 0 Å². The van der Waals surface area contributed by atoms with Gasteiger partial charge < -0.3 is 10.1 Å². The van der Waals surface area contributed by atoms with Gasteiger partial charge in [-0.25, -0.2) is 15.0 Å². The molecule has 0 bridgehead atoms. The monoisotopic (exact) mass is 453 g/mol. The number of nitrogens with one attached hydrogen (secondary N) is 1. The highest BCUT2D eigenvalue weighted by molar-refractivity contribution is 6.33. The average Bonchev–Trinajstić information content (AvgIpc) is 2.77. The summed E-state index contributed by atoms with van der Waals surface area (Å²) < 4.78 is 5.52. The Hall–Kier alpha value is -2.80. The van der Waals surface area contributed by atoms with Crippen molar-refractivity contribution in [2.45, 2.75) is 20.0 Å². The fourth-order valence-corrected chi connectivity index (χ4v) is 3.60. The molecular formula is C23H21Cl2N5O. The van der Waals surface area contributed by atoms with Gasteiger partial charge in [-0.3, -0.25) is 4.98 Å². The molecule has 0 fully saturated rings. The highest BCUT2D eigenvalue weighted by Gasteiger charge is 2.13. The van der Waals surface area contributed by atoms with Crippen molar-refractivity contribution in [3.63, 3.8) is 0 Å². The molecule has 1 aromatic carbocycles. The molecule has 0 aliphatic carbocycles. The number of halogens is 2. The highest BCUT2D eigenvalue weighted by Crippen LogP contribution is 2.27. The van der Waals surface area contributed by atoms with Gasteiger partial charge in [0.05, 0.1) is 16.1 Å². The van der Waals surface area contributed by atoms with Crippen molar-refractivity contribution in [1.29, 1.82) is 0 Å². The minimum atomic E-state index is 0.311. The maximum atomic E-state index is 6.30. The summed E-state index contributed by atoms with van der Waals surface area (Å²) in [5.41, 5.74) is 2.99. The van der Waals surface area contributed by atoms with E-state index in [1.54, 1.807) is 18.3 Å². The van der Waals surface area contributed by atoms with E-state index in [-0.39, 0.29) is 0 Å². The number of ether oxygens (including phenoxy) is 1. The molecule has 0 aliphatic rings. The summed E-state index contributed by atoms with van der Waals surface area (Å²) in [5, 5.41) is 5.50. The normalized spacial score (nSPS) is 11.1. The molecule has 4 rings (SSSR count). The van der Waals surface area contributed by atoms with Gasteiger partial charge in [-0.1, -0.05) is 35.3 Å². The number of pyridine rings is 2. The first-order valence-electron chi connectivity index (χ1n) is 9.98. The SMILES string of the molecule is CCOCc1nc(NCCc2cccc(Cl)c2)c2ccc(-c3ncccc3Cl)nc2n1. The van der Waals surface area contributed by atoms with Gasteiger partial charge in [-0.2, -0.15) is 0 Å². The van der Waals surface area contributed by atoms with Crippen LogP contribution in [0.25, 0.3) is 22.4 Å².